The van der Waals surface area contributed by atoms with Crippen LogP contribution in [0.4, 0.5) is 20.2 Å². The highest BCUT2D eigenvalue weighted by Crippen LogP contribution is 2.47. The summed E-state index contributed by atoms with van der Waals surface area (Å²) >= 11 is 0. The van der Waals surface area contributed by atoms with Gasteiger partial charge in [0, 0.05) is 22.7 Å². The summed E-state index contributed by atoms with van der Waals surface area (Å²) in [6.07, 6.45) is 9.38. The van der Waals surface area contributed by atoms with Gasteiger partial charge in [0.2, 0.25) is 11.8 Å². The Labute approximate surface area is 251 Å². The van der Waals surface area contributed by atoms with Gasteiger partial charge < -0.3 is 29.6 Å². The van der Waals surface area contributed by atoms with Crippen molar-refractivity contribution in [2.24, 2.45) is 5.41 Å². The van der Waals surface area contributed by atoms with Crippen molar-refractivity contribution in [1.82, 2.24) is 0 Å². The molecule has 2 aliphatic carbocycles. The highest BCUT2D eigenvalue weighted by Gasteiger charge is 2.56. The summed E-state index contributed by atoms with van der Waals surface area (Å²) in [6, 6.07) is 12.5. The van der Waals surface area contributed by atoms with Crippen molar-refractivity contribution in [3.63, 3.8) is 0 Å². The Morgan fingerprint density at radius 2 is 1.52 bits per heavy atom. The number of rotatable bonds is 10. The molecule has 11 heteroatoms. The molecule has 44 heavy (non-hydrogen) atoms. The molecule has 9 nitrogen and oxygen atoms in total. The molecular weight excluding hydrogens is 574 g/mol. The number of methoxy groups -OCH3 is 2. The number of anilines is 2. The summed E-state index contributed by atoms with van der Waals surface area (Å²) in [5.74, 6) is -2.05. The van der Waals surface area contributed by atoms with Gasteiger partial charge in [-0.1, -0.05) is 24.3 Å². The van der Waals surface area contributed by atoms with Crippen LogP contribution < -0.4 is 35.3 Å². The van der Waals surface area contributed by atoms with Crippen molar-refractivity contribution in [2.45, 2.75) is 12.8 Å². The van der Waals surface area contributed by atoms with E-state index in [1.807, 2.05) is 0 Å². The minimum absolute atomic E-state index is 0.113. The molecule has 0 saturated heterocycles. The molecule has 3 aromatic rings. The van der Waals surface area contributed by atoms with Gasteiger partial charge in [0.05, 0.1) is 14.2 Å². The fourth-order valence-corrected chi connectivity index (χ4v) is 4.44. The Morgan fingerprint density at radius 1 is 0.818 bits per heavy atom. The van der Waals surface area contributed by atoms with Gasteiger partial charge in [-0.25, -0.2) is 13.6 Å². The highest BCUT2D eigenvalue weighted by atomic mass is 19.1. The average Bonchev–Trinajstić information content (AvgIpc) is 3.83. The van der Waals surface area contributed by atoms with E-state index in [2.05, 4.69) is 15.4 Å². The van der Waals surface area contributed by atoms with Gasteiger partial charge in [0.1, 0.15) is 17.0 Å². The summed E-state index contributed by atoms with van der Waals surface area (Å²) in [6.45, 7) is -0.317. The van der Waals surface area contributed by atoms with Crippen molar-refractivity contribution in [3.8, 4) is 17.2 Å². The molecule has 5 rings (SSSR count). The van der Waals surface area contributed by atoms with Gasteiger partial charge >= 0.3 is 5.97 Å². The summed E-state index contributed by atoms with van der Waals surface area (Å²) in [4.78, 5) is 37.5. The maximum Gasteiger partial charge on any atom is 0.343 e. The third kappa shape index (κ3) is 6.62. The zero-order chi connectivity index (χ0) is 31.3. The minimum Gasteiger partial charge on any atom is -0.493 e. The quantitative estimate of drug-likeness (QED) is 0.267. The predicted octanol–water partition coefficient (Wildman–Crippen LogP) is 3.98. The molecule has 0 aliphatic heterocycles. The van der Waals surface area contributed by atoms with Crippen LogP contribution in [-0.4, -0.2) is 38.6 Å². The third-order valence-corrected chi connectivity index (χ3v) is 7.05. The van der Waals surface area contributed by atoms with Crippen molar-refractivity contribution in [2.75, 3.05) is 31.5 Å². The number of ether oxygens (including phenoxy) is 4. The van der Waals surface area contributed by atoms with Crippen molar-refractivity contribution < 1.29 is 42.1 Å². The fraction of sp³-hybridized carbons (Fsp3) is 0.182. The van der Waals surface area contributed by atoms with E-state index in [9.17, 15) is 18.8 Å². The van der Waals surface area contributed by atoms with Gasteiger partial charge in [-0.2, -0.15) is 0 Å². The second-order valence-electron chi connectivity index (χ2n) is 9.97. The van der Waals surface area contributed by atoms with Gasteiger partial charge in [0.15, 0.2) is 29.7 Å². The largest absolute Gasteiger partial charge is 0.493 e. The first kappa shape index (κ1) is 30.0. The summed E-state index contributed by atoms with van der Waals surface area (Å²) in [5.41, 5.74) is -0.795. The lowest BCUT2D eigenvalue weighted by Gasteiger charge is -2.16. The minimum atomic E-state index is -1.30. The van der Waals surface area contributed by atoms with E-state index in [4.69, 9.17) is 14.2 Å². The van der Waals surface area contributed by atoms with E-state index in [0.29, 0.717) is 46.2 Å². The van der Waals surface area contributed by atoms with E-state index in [-0.39, 0.29) is 18.0 Å². The van der Waals surface area contributed by atoms with Gasteiger partial charge in [-0.15, -0.1) is 0 Å². The van der Waals surface area contributed by atoms with Crippen LogP contribution in [0.15, 0.2) is 78.9 Å². The predicted molar refractivity (Wildman–Crippen MR) is 158 cm³/mol. The number of carbonyl (C=O) groups is 3. The lowest BCUT2D eigenvalue weighted by Crippen LogP contribution is -2.35. The van der Waals surface area contributed by atoms with Crippen LogP contribution in [-0.2, 0) is 19.1 Å². The molecule has 0 bridgehead atoms. The average molecular weight is 603 g/mol. The van der Waals surface area contributed by atoms with Gasteiger partial charge in [-0.3, -0.25) is 9.59 Å². The van der Waals surface area contributed by atoms with E-state index >= 15 is 4.39 Å². The number of allylic oxidation sites excluding steroid dienone is 3. The first-order chi connectivity index (χ1) is 21.2. The first-order valence-corrected chi connectivity index (χ1v) is 13.6. The molecule has 0 heterocycles. The number of esters is 1. The van der Waals surface area contributed by atoms with Crippen molar-refractivity contribution in [3.05, 3.63) is 101 Å². The zero-order valence-electron chi connectivity index (χ0n) is 23.8. The van der Waals surface area contributed by atoms with E-state index in [0.717, 1.165) is 6.07 Å². The van der Waals surface area contributed by atoms with Crippen LogP contribution in [0.2, 0.25) is 0 Å². The topological polar surface area (TPSA) is 112 Å². The molecule has 1 saturated carbocycles. The van der Waals surface area contributed by atoms with E-state index < -0.39 is 34.8 Å². The van der Waals surface area contributed by atoms with Crippen LogP contribution in [0.1, 0.15) is 12.8 Å². The number of hydrogen-bond donors (Lipinski definition) is 2. The van der Waals surface area contributed by atoms with Crippen LogP contribution in [0.5, 0.6) is 17.2 Å². The van der Waals surface area contributed by atoms with Gasteiger partial charge in [-0.05, 0) is 72.7 Å². The number of hydrogen-bond acceptors (Lipinski definition) is 7. The maximum atomic E-state index is 15.3. The monoisotopic (exact) mass is 602 g/mol. The lowest BCUT2D eigenvalue weighted by molar-refractivity contribution is -0.143. The standard InChI is InChI=1S/C33H28F2N2O7/c1-41-28-18-24-20(16-29(28)43-19-30(38)42-2)6-4-3-5-7-26(24)44-27-13-12-23(17-25(27)35)37-32(40)33(14-15-33)31(39)36-22-10-8-21(34)9-11-22/h3-13,16-18H,14-15,19H2,1-2H3,(H,36,39)(H,37,40). The lowest BCUT2D eigenvalue weighted by atomic mass is 10.0. The molecule has 3 aromatic carbocycles. The Balaban J connectivity index is 1.35. The SMILES string of the molecule is COC(=O)COc1cc2c(cc1OC)=C(Oc1ccc(NC(=O)C3(C(=O)Nc4ccc(F)cc4)CC3)cc1F)C=CC=CC=2. The Kier molecular flexibility index (Phi) is 8.75. The molecule has 1 fully saturated rings. The smallest absolute Gasteiger partial charge is 0.343 e. The van der Waals surface area contributed by atoms with Crippen molar-refractivity contribution >= 4 is 41.0 Å². The first-order valence-electron chi connectivity index (χ1n) is 13.6. The van der Waals surface area contributed by atoms with Crippen molar-refractivity contribution in [1.29, 1.82) is 0 Å². The molecule has 0 atom stereocenters. The summed E-state index contributed by atoms with van der Waals surface area (Å²) in [7, 11) is 2.70. The maximum absolute atomic E-state index is 15.3. The van der Waals surface area contributed by atoms with Crippen LogP contribution >= 0.6 is 0 Å². The Hall–Kier alpha value is -5.45. The molecule has 2 N–H and O–H groups in total. The van der Waals surface area contributed by atoms with Gasteiger partial charge in [0.25, 0.3) is 0 Å². The third-order valence-electron chi connectivity index (χ3n) is 7.05. The normalized spacial score (nSPS) is 14.2. The summed E-state index contributed by atoms with van der Waals surface area (Å²) < 4.78 is 50.1. The molecule has 2 amide bonds. The van der Waals surface area contributed by atoms with E-state index in [1.165, 1.54) is 50.6 Å². The highest BCUT2D eigenvalue weighted by molar-refractivity contribution is 6.16. The summed E-state index contributed by atoms with van der Waals surface area (Å²) in [5, 5.41) is 6.47. The molecule has 0 unspecified atom stereocenters. The van der Waals surface area contributed by atoms with Crippen LogP contribution in [0.25, 0.3) is 11.8 Å². The molecule has 0 aromatic heterocycles. The molecular formula is C33H28F2N2O7. The zero-order valence-corrected chi connectivity index (χ0v) is 23.8. The van der Waals surface area contributed by atoms with E-state index in [1.54, 1.807) is 42.5 Å². The number of fused-ring (bicyclic) bond motifs is 1. The number of benzene rings is 3. The number of halogens is 2. The molecule has 2 aliphatic rings. The second-order valence-corrected chi connectivity index (χ2v) is 9.97. The Bertz CT molecular complexity index is 1800. The van der Waals surface area contributed by atoms with Crippen LogP contribution in [0.3, 0.4) is 0 Å². The molecule has 226 valence electrons. The number of amides is 2. The Morgan fingerprint density at radius 3 is 2.18 bits per heavy atom. The molecule has 0 spiro atoms. The number of carbonyl (C=O) groups excluding carboxylic acids is 3. The fourth-order valence-electron chi connectivity index (χ4n) is 4.44. The molecule has 0 radical (unpaired) electrons. The van der Waals surface area contributed by atoms with Crippen LogP contribution in [0, 0.1) is 17.0 Å². The number of nitrogens with one attached hydrogen (secondary N) is 2. The second kappa shape index (κ2) is 12.8.